The van der Waals surface area contributed by atoms with E-state index in [4.69, 9.17) is 9.15 Å². The number of hydrogen-bond donors (Lipinski definition) is 0. The van der Waals surface area contributed by atoms with Crippen LogP contribution in [0.25, 0.3) is 21.9 Å². The summed E-state index contributed by atoms with van der Waals surface area (Å²) in [6, 6.07) is 29.4. The maximum atomic E-state index is 6.71. The molecule has 6 nitrogen and oxygen atoms in total. The maximum absolute atomic E-state index is 6.71. The summed E-state index contributed by atoms with van der Waals surface area (Å²) in [4.78, 5) is 9.07. The van der Waals surface area contributed by atoms with Gasteiger partial charge in [0, 0.05) is 65.6 Å². The number of rotatable bonds is 4. The Kier molecular flexibility index (Phi) is 5.35. The molecule has 196 valence electrons. The predicted molar refractivity (Wildman–Crippen MR) is 159 cm³/mol. The van der Waals surface area contributed by atoms with Gasteiger partial charge >= 0.3 is 0 Å². The van der Waals surface area contributed by atoms with Crippen molar-refractivity contribution >= 4 is 39.0 Å². The van der Waals surface area contributed by atoms with Crippen molar-refractivity contribution in [2.24, 2.45) is 0 Å². The monoisotopic (exact) mass is 516 g/mol. The van der Waals surface area contributed by atoms with Gasteiger partial charge in [0.25, 0.3) is 0 Å². The summed E-state index contributed by atoms with van der Waals surface area (Å²) in [6.45, 7) is 6.13. The summed E-state index contributed by atoms with van der Waals surface area (Å²) in [7, 11) is 4.25. The van der Waals surface area contributed by atoms with Crippen LogP contribution >= 0.6 is 0 Å². The van der Waals surface area contributed by atoms with Crippen molar-refractivity contribution in [1.29, 1.82) is 0 Å². The van der Waals surface area contributed by atoms with Crippen LogP contribution in [0.4, 0.5) is 17.1 Å². The maximum Gasteiger partial charge on any atom is 0.141 e. The van der Waals surface area contributed by atoms with Crippen molar-refractivity contribution in [3.05, 3.63) is 103 Å². The normalized spacial score (nSPS) is 16.9. The summed E-state index contributed by atoms with van der Waals surface area (Å²) in [5.41, 5.74) is 6.29. The van der Waals surface area contributed by atoms with Crippen LogP contribution in [-0.4, -0.2) is 37.2 Å². The zero-order valence-corrected chi connectivity index (χ0v) is 22.8. The Labute approximate surface area is 228 Å². The second-order valence-corrected chi connectivity index (χ2v) is 11.0. The third-order valence-corrected chi connectivity index (χ3v) is 8.15. The summed E-state index contributed by atoms with van der Waals surface area (Å²) in [5, 5.41) is 2.04. The van der Waals surface area contributed by atoms with E-state index in [9.17, 15) is 0 Å². The number of hydrogen-bond acceptors (Lipinski definition) is 6. The van der Waals surface area contributed by atoms with Crippen LogP contribution in [0.2, 0.25) is 0 Å². The van der Waals surface area contributed by atoms with Crippen molar-refractivity contribution in [2.75, 3.05) is 37.2 Å². The third-order valence-electron chi connectivity index (χ3n) is 8.15. The minimum Gasteiger partial charge on any atom is -0.456 e. The fourth-order valence-electron chi connectivity index (χ4n) is 5.71. The molecule has 0 atom stereocenters. The van der Waals surface area contributed by atoms with Gasteiger partial charge in [-0.25, -0.2) is 0 Å². The lowest BCUT2D eigenvalue weighted by Gasteiger charge is -2.47. The Bertz CT molecular complexity index is 1740. The SMILES string of the molecule is CN1C=CN(c2cc(Oc3cccc(N4CN(C)C(C)(C)c5ccccc54)c3)c3c(c2)oc2ccccc23)C1. The molecule has 0 radical (unpaired) electrons. The molecule has 0 saturated carbocycles. The van der Waals surface area contributed by atoms with Gasteiger partial charge in [-0.05, 0) is 50.7 Å². The zero-order chi connectivity index (χ0) is 26.7. The van der Waals surface area contributed by atoms with Crippen LogP contribution < -0.4 is 14.5 Å². The topological polar surface area (TPSA) is 35.3 Å². The van der Waals surface area contributed by atoms with Gasteiger partial charge in [-0.1, -0.05) is 42.5 Å². The fraction of sp³-hybridized carbons (Fsp3) is 0.212. The molecule has 0 amide bonds. The van der Waals surface area contributed by atoms with E-state index < -0.39 is 0 Å². The van der Waals surface area contributed by atoms with Gasteiger partial charge < -0.3 is 23.9 Å². The summed E-state index contributed by atoms with van der Waals surface area (Å²) in [5.74, 6) is 1.57. The van der Waals surface area contributed by atoms with Gasteiger partial charge in [-0.3, -0.25) is 4.90 Å². The minimum absolute atomic E-state index is 0.0479. The van der Waals surface area contributed by atoms with Crippen molar-refractivity contribution < 1.29 is 9.15 Å². The molecule has 2 aliphatic heterocycles. The van der Waals surface area contributed by atoms with Gasteiger partial charge in [0.15, 0.2) is 0 Å². The second-order valence-electron chi connectivity index (χ2n) is 11.0. The second kappa shape index (κ2) is 8.82. The number of anilines is 3. The van der Waals surface area contributed by atoms with Gasteiger partial charge in [0.1, 0.15) is 22.7 Å². The van der Waals surface area contributed by atoms with Crippen molar-refractivity contribution in [3.8, 4) is 11.5 Å². The first-order valence-corrected chi connectivity index (χ1v) is 13.4. The van der Waals surface area contributed by atoms with E-state index in [1.165, 1.54) is 11.3 Å². The number of benzene rings is 4. The Morgan fingerprint density at radius 2 is 1.59 bits per heavy atom. The molecule has 6 heteroatoms. The quantitative estimate of drug-likeness (QED) is 0.242. The Morgan fingerprint density at radius 3 is 2.44 bits per heavy atom. The number of ether oxygens (including phenoxy) is 1. The fourth-order valence-corrected chi connectivity index (χ4v) is 5.71. The molecule has 3 heterocycles. The van der Waals surface area contributed by atoms with E-state index in [0.717, 1.165) is 58.1 Å². The summed E-state index contributed by atoms with van der Waals surface area (Å²) in [6.07, 6.45) is 4.15. The number of para-hydroxylation sites is 2. The van der Waals surface area contributed by atoms with E-state index in [2.05, 4.69) is 121 Å². The van der Waals surface area contributed by atoms with E-state index in [1.807, 2.05) is 24.3 Å². The van der Waals surface area contributed by atoms with Gasteiger partial charge in [0.05, 0.1) is 18.7 Å². The molecule has 0 bridgehead atoms. The average Bonchev–Trinajstić information content (AvgIpc) is 3.54. The van der Waals surface area contributed by atoms with Gasteiger partial charge in [-0.15, -0.1) is 0 Å². The largest absolute Gasteiger partial charge is 0.456 e. The molecule has 2 aliphatic rings. The Morgan fingerprint density at radius 1 is 0.769 bits per heavy atom. The molecule has 0 N–H and O–H groups in total. The highest BCUT2D eigenvalue weighted by molar-refractivity contribution is 6.09. The van der Waals surface area contributed by atoms with Crippen LogP contribution in [0.15, 0.2) is 102 Å². The van der Waals surface area contributed by atoms with Crippen molar-refractivity contribution in [2.45, 2.75) is 19.4 Å². The molecule has 4 aromatic carbocycles. The van der Waals surface area contributed by atoms with E-state index in [0.29, 0.717) is 0 Å². The van der Waals surface area contributed by atoms with Crippen molar-refractivity contribution in [3.63, 3.8) is 0 Å². The highest BCUT2D eigenvalue weighted by Crippen LogP contribution is 2.44. The van der Waals surface area contributed by atoms with E-state index >= 15 is 0 Å². The summed E-state index contributed by atoms with van der Waals surface area (Å²) >= 11 is 0. The first-order valence-electron chi connectivity index (χ1n) is 13.4. The smallest absolute Gasteiger partial charge is 0.141 e. The number of furan rings is 1. The predicted octanol–water partition coefficient (Wildman–Crippen LogP) is 7.83. The van der Waals surface area contributed by atoms with Crippen molar-refractivity contribution in [1.82, 2.24) is 9.80 Å². The summed E-state index contributed by atoms with van der Waals surface area (Å²) < 4.78 is 13.0. The lowest BCUT2D eigenvalue weighted by atomic mass is 9.88. The Balaban J connectivity index is 1.31. The average molecular weight is 517 g/mol. The zero-order valence-electron chi connectivity index (χ0n) is 22.8. The highest BCUT2D eigenvalue weighted by atomic mass is 16.5. The minimum atomic E-state index is -0.0479. The highest BCUT2D eigenvalue weighted by Gasteiger charge is 2.35. The molecule has 0 spiro atoms. The molecular formula is C33H32N4O2. The van der Waals surface area contributed by atoms with Crippen LogP contribution in [0.3, 0.4) is 0 Å². The van der Waals surface area contributed by atoms with Crippen LogP contribution in [0.1, 0.15) is 19.4 Å². The third kappa shape index (κ3) is 3.91. The van der Waals surface area contributed by atoms with Crippen LogP contribution in [0.5, 0.6) is 11.5 Å². The molecule has 0 unspecified atom stereocenters. The molecular weight excluding hydrogens is 484 g/mol. The molecule has 5 aromatic rings. The lowest BCUT2D eigenvalue weighted by molar-refractivity contribution is 0.150. The molecule has 39 heavy (non-hydrogen) atoms. The van der Waals surface area contributed by atoms with Crippen LogP contribution in [0, 0.1) is 0 Å². The molecule has 0 aliphatic carbocycles. The first kappa shape index (κ1) is 23.7. The number of fused-ring (bicyclic) bond motifs is 4. The van der Waals surface area contributed by atoms with E-state index in [-0.39, 0.29) is 5.54 Å². The number of nitrogens with zero attached hydrogens (tertiary/aromatic N) is 4. The first-order chi connectivity index (χ1) is 18.9. The molecule has 7 rings (SSSR count). The standard InChI is InChI=1S/C33H32N4O2/c1-33(2)27-13-6-7-14-28(27)37(22-35(33)4)23-10-9-11-25(18-23)38-30-19-24(36-17-16-34(3)21-36)20-31-32(30)26-12-5-8-15-29(26)39-31/h5-20H,21-22H2,1-4H3. The van der Waals surface area contributed by atoms with Gasteiger partial charge in [0.2, 0.25) is 0 Å². The Hall–Kier alpha value is -4.42. The van der Waals surface area contributed by atoms with E-state index in [1.54, 1.807) is 0 Å². The molecule has 1 aromatic heterocycles. The lowest BCUT2D eigenvalue weighted by Crippen LogP contribution is -2.49. The van der Waals surface area contributed by atoms with Gasteiger partial charge in [-0.2, -0.15) is 0 Å². The molecule has 0 fully saturated rings. The van der Waals surface area contributed by atoms with Crippen LogP contribution in [-0.2, 0) is 5.54 Å². The molecule has 0 saturated heterocycles.